The minimum atomic E-state index is -3.76. The Balaban J connectivity index is 2.02. The summed E-state index contributed by atoms with van der Waals surface area (Å²) in [7, 11) is -3.76. The second kappa shape index (κ2) is 7.20. The van der Waals surface area contributed by atoms with Crippen molar-refractivity contribution in [2.75, 3.05) is 16.2 Å². The van der Waals surface area contributed by atoms with E-state index < -0.39 is 10.0 Å². The van der Waals surface area contributed by atoms with Crippen molar-refractivity contribution in [3.8, 4) is 0 Å². The van der Waals surface area contributed by atoms with Crippen LogP contribution in [0.4, 0.5) is 11.4 Å². The molecule has 1 atom stereocenters. The molecule has 0 unspecified atom stereocenters. The molecule has 1 N–H and O–H groups in total. The molecule has 0 bridgehead atoms. The van der Waals surface area contributed by atoms with Crippen LogP contribution in [-0.2, 0) is 14.8 Å². The van der Waals surface area contributed by atoms with Crippen LogP contribution in [0.1, 0.15) is 30.5 Å². The van der Waals surface area contributed by atoms with Gasteiger partial charge < -0.3 is 4.90 Å². The fourth-order valence-electron chi connectivity index (χ4n) is 3.42. The van der Waals surface area contributed by atoms with E-state index in [-0.39, 0.29) is 16.1 Å². The minimum absolute atomic E-state index is 0.0869. The lowest BCUT2D eigenvalue weighted by Crippen LogP contribution is -2.37. The van der Waals surface area contributed by atoms with Gasteiger partial charge in [0.15, 0.2) is 0 Å². The lowest BCUT2D eigenvalue weighted by Gasteiger charge is -2.32. The number of fused-ring (bicyclic) bond motifs is 1. The van der Waals surface area contributed by atoms with E-state index in [1.165, 1.54) is 6.92 Å². The normalized spacial score (nSPS) is 16.8. The number of amides is 1. The number of benzene rings is 2. The van der Waals surface area contributed by atoms with E-state index in [9.17, 15) is 13.2 Å². The summed E-state index contributed by atoms with van der Waals surface area (Å²) in [6, 6.07) is 8.88. The number of hydrogen-bond donors (Lipinski definition) is 1. The first-order chi connectivity index (χ1) is 12.6. The molecule has 2 aromatic carbocycles. The molecule has 0 aliphatic carbocycles. The number of sulfonamides is 1. The second-order valence-electron chi connectivity index (χ2n) is 7.07. The fourth-order valence-corrected chi connectivity index (χ4v) is 5.73. The highest BCUT2D eigenvalue weighted by atomic mass is 32.2. The lowest BCUT2D eigenvalue weighted by molar-refractivity contribution is -0.116. The zero-order valence-corrected chi connectivity index (χ0v) is 17.8. The molecule has 0 radical (unpaired) electrons. The van der Waals surface area contributed by atoms with Crippen LogP contribution in [0.2, 0.25) is 0 Å². The Bertz CT molecular complexity index is 993. The van der Waals surface area contributed by atoms with Gasteiger partial charge in [-0.3, -0.25) is 9.52 Å². The van der Waals surface area contributed by atoms with Gasteiger partial charge in [-0.2, -0.15) is 0 Å². The van der Waals surface area contributed by atoms with E-state index in [1.54, 1.807) is 34.9 Å². The first-order valence-corrected chi connectivity index (χ1v) is 11.1. The zero-order chi connectivity index (χ0) is 19.9. The maximum Gasteiger partial charge on any atom is 0.261 e. The standard InChI is InChI=1S/C20H24N2O3S2/c1-12-8-13(2)20(14(3)9-12)21-27(24,25)17-6-7-19-18(10-17)22(16(5)23)11-15(4)26-19/h6-10,15,21H,11H2,1-5H3/t15-/m1/s1. The second-order valence-corrected chi connectivity index (χ2v) is 10.2. The number of carbonyl (C=O) groups excluding carboxylic acids is 1. The molecule has 5 nitrogen and oxygen atoms in total. The molecule has 3 rings (SSSR count). The summed E-state index contributed by atoms with van der Waals surface area (Å²) < 4.78 is 28.7. The van der Waals surface area contributed by atoms with Crippen molar-refractivity contribution in [2.24, 2.45) is 0 Å². The number of anilines is 2. The highest BCUT2D eigenvalue weighted by molar-refractivity contribution is 8.00. The topological polar surface area (TPSA) is 66.5 Å². The minimum Gasteiger partial charge on any atom is -0.310 e. The molecule has 144 valence electrons. The van der Waals surface area contributed by atoms with Crippen LogP contribution >= 0.6 is 11.8 Å². The highest BCUT2D eigenvalue weighted by Gasteiger charge is 2.27. The Kier molecular flexibility index (Phi) is 5.27. The van der Waals surface area contributed by atoms with E-state index in [1.807, 2.05) is 32.9 Å². The van der Waals surface area contributed by atoms with Gasteiger partial charge in [0.25, 0.3) is 10.0 Å². The Morgan fingerprint density at radius 1 is 1.15 bits per heavy atom. The van der Waals surface area contributed by atoms with Crippen molar-refractivity contribution in [3.63, 3.8) is 0 Å². The van der Waals surface area contributed by atoms with Crippen LogP contribution in [-0.4, -0.2) is 26.1 Å². The third kappa shape index (κ3) is 3.99. The molecule has 27 heavy (non-hydrogen) atoms. The van der Waals surface area contributed by atoms with Crippen molar-refractivity contribution in [3.05, 3.63) is 47.0 Å². The summed E-state index contributed by atoms with van der Waals surface area (Å²) in [6.45, 7) is 9.89. The van der Waals surface area contributed by atoms with Gasteiger partial charge in [-0.05, 0) is 50.1 Å². The first-order valence-electron chi connectivity index (χ1n) is 8.78. The van der Waals surface area contributed by atoms with E-state index in [4.69, 9.17) is 0 Å². The maximum absolute atomic E-state index is 13.0. The third-order valence-corrected chi connectivity index (χ3v) is 7.09. The van der Waals surface area contributed by atoms with E-state index in [0.29, 0.717) is 17.9 Å². The molecule has 0 aromatic heterocycles. The zero-order valence-electron chi connectivity index (χ0n) is 16.2. The molecular weight excluding hydrogens is 380 g/mol. The van der Waals surface area contributed by atoms with Crippen molar-refractivity contribution in [2.45, 2.75) is 49.7 Å². The molecular formula is C20H24N2O3S2. The van der Waals surface area contributed by atoms with Crippen molar-refractivity contribution in [1.29, 1.82) is 0 Å². The molecule has 1 heterocycles. The van der Waals surface area contributed by atoms with Crippen LogP contribution in [0, 0.1) is 20.8 Å². The summed E-state index contributed by atoms with van der Waals surface area (Å²) >= 11 is 1.65. The third-order valence-electron chi connectivity index (χ3n) is 4.59. The molecule has 2 aromatic rings. The number of carbonyl (C=O) groups is 1. The van der Waals surface area contributed by atoms with Crippen LogP contribution in [0.5, 0.6) is 0 Å². The van der Waals surface area contributed by atoms with Crippen molar-refractivity contribution >= 4 is 39.1 Å². The van der Waals surface area contributed by atoms with Gasteiger partial charge >= 0.3 is 0 Å². The molecule has 1 aliphatic rings. The van der Waals surface area contributed by atoms with Crippen LogP contribution in [0.15, 0.2) is 40.1 Å². The lowest BCUT2D eigenvalue weighted by atomic mass is 10.1. The molecule has 7 heteroatoms. The number of aryl methyl sites for hydroxylation is 3. The average Bonchev–Trinajstić information content (AvgIpc) is 2.56. The van der Waals surface area contributed by atoms with Gasteiger partial charge in [0.05, 0.1) is 16.3 Å². The predicted octanol–water partition coefficient (Wildman–Crippen LogP) is 4.26. The van der Waals surface area contributed by atoms with Gasteiger partial charge in [0.1, 0.15) is 0 Å². The average molecular weight is 405 g/mol. The Morgan fingerprint density at radius 3 is 2.37 bits per heavy atom. The van der Waals surface area contributed by atoms with Gasteiger partial charge in [-0.1, -0.05) is 24.6 Å². The molecule has 1 amide bonds. The number of hydrogen-bond acceptors (Lipinski definition) is 4. The van der Waals surface area contributed by atoms with Gasteiger partial charge in [0.2, 0.25) is 5.91 Å². The smallest absolute Gasteiger partial charge is 0.261 e. The van der Waals surface area contributed by atoms with Crippen LogP contribution < -0.4 is 9.62 Å². The molecule has 0 saturated heterocycles. The number of thioether (sulfide) groups is 1. The quantitative estimate of drug-likeness (QED) is 0.830. The number of rotatable bonds is 3. The van der Waals surface area contributed by atoms with Crippen LogP contribution in [0.3, 0.4) is 0 Å². The van der Waals surface area contributed by atoms with Gasteiger partial charge in [0, 0.05) is 23.6 Å². The predicted molar refractivity (Wildman–Crippen MR) is 111 cm³/mol. The number of nitrogens with zero attached hydrogens (tertiary/aromatic N) is 1. The Hall–Kier alpha value is -1.99. The Morgan fingerprint density at radius 2 is 1.78 bits per heavy atom. The largest absolute Gasteiger partial charge is 0.310 e. The maximum atomic E-state index is 13.0. The van der Waals surface area contributed by atoms with Crippen LogP contribution in [0.25, 0.3) is 0 Å². The van der Waals surface area contributed by atoms with E-state index >= 15 is 0 Å². The molecule has 0 saturated carbocycles. The summed E-state index contributed by atoms with van der Waals surface area (Å²) in [5.41, 5.74) is 4.10. The molecule has 0 fully saturated rings. The van der Waals surface area contributed by atoms with Crippen molar-refractivity contribution < 1.29 is 13.2 Å². The summed E-state index contributed by atoms with van der Waals surface area (Å²) in [5, 5.41) is 0.264. The van der Waals surface area contributed by atoms with Crippen molar-refractivity contribution in [1.82, 2.24) is 0 Å². The fraction of sp³-hybridized carbons (Fsp3) is 0.350. The monoisotopic (exact) mass is 404 g/mol. The van der Waals surface area contributed by atoms with Gasteiger partial charge in [-0.25, -0.2) is 8.42 Å². The summed E-state index contributed by atoms with van der Waals surface area (Å²) in [6.07, 6.45) is 0. The molecule has 1 aliphatic heterocycles. The van der Waals surface area contributed by atoms with E-state index in [0.717, 1.165) is 21.6 Å². The SMILES string of the molecule is CC(=O)N1C[C@@H](C)Sc2ccc(S(=O)(=O)Nc3c(C)cc(C)cc3C)cc21. The summed E-state index contributed by atoms with van der Waals surface area (Å²) in [4.78, 5) is 14.8. The summed E-state index contributed by atoms with van der Waals surface area (Å²) in [5.74, 6) is -0.0869. The highest BCUT2D eigenvalue weighted by Crippen LogP contribution is 2.40. The van der Waals surface area contributed by atoms with E-state index in [2.05, 4.69) is 11.6 Å². The molecule has 0 spiro atoms. The Labute approximate surface area is 165 Å². The first kappa shape index (κ1) is 19.8. The number of nitrogens with one attached hydrogen (secondary N) is 1. The van der Waals surface area contributed by atoms with Gasteiger partial charge in [-0.15, -0.1) is 11.8 Å².